The molecule has 0 unspecified atom stereocenters. The lowest BCUT2D eigenvalue weighted by molar-refractivity contribution is -0.125. The fourth-order valence-electron chi connectivity index (χ4n) is 2.56. The van der Waals surface area contributed by atoms with Crippen LogP contribution in [0, 0.1) is 13.8 Å². The van der Waals surface area contributed by atoms with Crippen molar-refractivity contribution in [2.24, 2.45) is 0 Å². The maximum atomic E-state index is 11.2. The van der Waals surface area contributed by atoms with Crippen molar-refractivity contribution in [2.45, 2.75) is 20.8 Å². The predicted octanol–water partition coefficient (Wildman–Crippen LogP) is 2.38. The third kappa shape index (κ3) is 3.10. The molecule has 0 aliphatic rings. The Hall–Kier alpha value is -3.22. The molecule has 1 amide bonds. The van der Waals surface area contributed by atoms with Crippen LogP contribution in [0.5, 0.6) is 5.75 Å². The van der Waals surface area contributed by atoms with E-state index < -0.39 is 0 Å². The van der Waals surface area contributed by atoms with Gasteiger partial charge in [0.15, 0.2) is 5.75 Å². The Kier molecular flexibility index (Phi) is 4.24. The maximum Gasteiger partial charge on any atom is 0.249 e. The first kappa shape index (κ1) is 15.7. The molecule has 0 atom stereocenters. The van der Waals surface area contributed by atoms with Crippen LogP contribution in [0.15, 0.2) is 42.7 Å². The smallest absolute Gasteiger partial charge is 0.249 e. The van der Waals surface area contributed by atoms with Crippen LogP contribution in [-0.2, 0) is 4.79 Å². The summed E-state index contributed by atoms with van der Waals surface area (Å²) in [7, 11) is 0. The molecule has 0 aliphatic carbocycles. The number of nitrogens with one attached hydrogen (secondary N) is 1. The number of nitrogens with zero attached hydrogens (tertiary/aromatic N) is 4. The molecule has 0 spiro atoms. The van der Waals surface area contributed by atoms with E-state index in [4.69, 9.17) is 4.84 Å². The highest BCUT2D eigenvalue weighted by molar-refractivity contribution is 5.81. The minimum absolute atomic E-state index is 0.283. The molecule has 0 aliphatic heterocycles. The molecular formula is C17H17N5O2. The zero-order valence-electron chi connectivity index (χ0n) is 13.6. The summed E-state index contributed by atoms with van der Waals surface area (Å²) in [5, 5.41) is 11.4. The largest absolute Gasteiger partial charge is 0.379 e. The minimum atomic E-state index is -0.283. The summed E-state index contributed by atoms with van der Waals surface area (Å²) in [6.07, 6.45) is 1.52. The molecule has 7 nitrogen and oxygen atoms in total. The van der Waals surface area contributed by atoms with Gasteiger partial charge in [-0.05, 0) is 47.5 Å². The normalized spacial score (nSPS) is 10.5. The minimum Gasteiger partial charge on any atom is -0.379 e. The summed E-state index contributed by atoms with van der Waals surface area (Å²) in [6.45, 7) is 5.46. The van der Waals surface area contributed by atoms with Crippen LogP contribution >= 0.6 is 0 Å². The second kappa shape index (κ2) is 6.49. The molecule has 3 rings (SSSR count). The number of amides is 1. The number of carbonyl (C=O) groups excluding carboxylic acids is 1. The Balaban J connectivity index is 2.20. The van der Waals surface area contributed by atoms with E-state index in [1.54, 1.807) is 10.7 Å². The summed E-state index contributed by atoms with van der Waals surface area (Å²) < 4.78 is 1.56. The monoisotopic (exact) mass is 323 g/mol. The SMILES string of the molecule is CC(=O)NOc1cccc(-n2cnnn2)c1-c1ccc(C)cc1C. The van der Waals surface area contributed by atoms with Crippen LogP contribution in [0.1, 0.15) is 18.1 Å². The molecule has 24 heavy (non-hydrogen) atoms. The Morgan fingerprint density at radius 1 is 1.21 bits per heavy atom. The van der Waals surface area contributed by atoms with Crippen LogP contribution < -0.4 is 10.3 Å². The Morgan fingerprint density at radius 2 is 2.04 bits per heavy atom. The van der Waals surface area contributed by atoms with E-state index in [2.05, 4.69) is 27.1 Å². The van der Waals surface area contributed by atoms with Gasteiger partial charge in [-0.1, -0.05) is 29.8 Å². The number of benzene rings is 2. The standard InChI is InChI=1S/C17H17N5O2/c1-11-7-8-14(12(2)9-11)17-15(22-10-18-20-21-22)5-4-6-16(17)24-19-13(3)23/h4-10H,1-3H3,(H,19,23). The fraction of sp³-hybridized carbons (Fsp3) is 0.176. The highest BCUT2D eigenvalue weighted by atomic mass is 16.7. The average molecular weight is 323 g/mol. The molecule has 0 saturated heterocycles. The van der Waals surface area contributed by atoms with Crippen molar-refractivity contribution in [3.63, 3.8) is 0 Å². The van der Waals surface area contributed by atoms with Crippen molar-refractivity contribution < 1.29 is 9.63 Å². The molecule has 0 radical (unpaired) electrons. The van der Waals surface area contributed by atoms with Gasteiger partial charge in [0.05, 0.1) is 11.3 Å². The van der Waals surface area contributed by atoms with Crippen LogP contribution in [0.3, 0.4) is 0 Å². The highest BCUT2D eigenvalue weighted by Gasteiger charge is 2.17. The Morgan fingerprint density at radius 3 is 2.71 bits per heavy atom. The van der Waals surface area contributed by atoms with Crippen LogP contribution in [0.2, 0.25) is 0 Å². The fourth-order valence-corrected chi connectivity index (χ4v) is 2.56. The van der Waals surface area contributed by atoms with Crippen molar-refractivity contribution in [2.75, 3.05) is 0 Å². The molecule has 1 aromatic heterocycles. The number of rotatable bonds is 4. The quantitative estimate of drug-likeness (QED) is 0.745. The molecular weight excluding hydrogens is 306 g/mol. The molecule has 1 heterocycles. The van der Waals surface area contributed by atoms with Gasteiger partial charge in [0.25, 0.3) is 0 Å². The number of carbonyl (C=O) groups is 1. The first-order valence-electron chi connectivity index (χ1n) is 7.43. The third-order valence-electron chi connectivity index (χ3n) is 3.56. The van der Waals surface area contributed by atoms with Gasteiger partial charge in [0.2, 0.25) is 5.91 Å². The van der Waals surface area contributed by atoms with Gasteiger partial charge in [-0.15, -0.1) is 5.10 Å². The number of aromatic nitrogens is 4. The predicted molar refractivity (Wildman–Crippen MR) is 88.5 cm³/mol. The van der Waals surface area contributed by atoms with Gasteiger partial charge in [0.1, 0.15) is 6.33 Å². The van der Waals surface area contributed by atoms with E-state index >= 15 is 0 Å². The summed E-state index contributed by atoms with van der Waals surface area (Å²) in [5.74, 6) is 0.236. The second-order valence-electron chi connectivity index (χ2n) is 5.48. The number of tetrazole rings is 1. The average Bonchev–Trinajstić information content (AvgIpc) is 3.07. The van der Waals surface area contributed by atoms with Crippen LogP contribution in [0.25, 0.3) is 16.8 Å². The summed E-state index contributed by atoms with van der Waals surface area (Å²) >= 11 is 0. The summed E-state index contributed by atoms with van der Waals surface area (Å²) in [5.41, 5.74) is 7.17. The highest BCUT2D eigenvalue weighted by Crippen LogP contribution is 2.37. The zero-order chi connectivity index (χ0) is 17.1. The van der Waals surface area contributed by atoms with E-state index in [9.17, 15) is 4.79 Å². The van der Waals surface area contributed by atoms with Gasteiger partial charge in [-0.3, -0.25) is 4.79 Å². The summed E-state index contributed by atoms with van der Waals surface area (Å²) in [6, 6.07) is 11.6. The Bertz CT molecular complexity index is 875. The lowest BCUT2D eigenvalue weighted by atomic mass is 9.96. The number of hydrogen-bond acceptors (Lipinski definition) is 5. The van der Waals surface area contributed by atoms with Crippen molar-refractivity contribution in [3.05, 3.63) is 53.9 Å². The molecule has 3 aromatic rings. The van der Waals surface area contributed by atoms with E-state index in [0.29, 0.717) is 5.75 Å². The third-order valence-corrected chi connectivity index (χ3v) is 3.56. The first-order valence-corrected chi connectivity index (χ1v) is 7.43. The van der Waals surface area contributed by atoms with Crippen molar-refractivity contribution in [3.8, 4) is 22.6 Å². The number of aryl methyl sites for hydroxylation is 2. The van der Waals surface area contributed by atoms with Crippen molar-refractivity contribution in [1.29, 1.82) is 0 Å². The molecule has 0 bridgehead atoms. The lowest BCUT2D eigenvalue weighted by Crippen LogP contribution is -2.24. The van der Waals surface area contributed by atoms with E-state index in [0.717, 1.165) is 22.4 Å². The molecule has 2 aromatic carbocycles. The summed E-state index contributed by atoms with van der Waals surface area (Å²) in [4.78, 5) is 16.7. The maximum absolute atomic E-state index is 11.2. The second-order valence-corrected chi connectivity index (χ2v) is 5.48. The number of hydroxylamine groups is 1. The van der Waals surface area contributed by atoms with Gasteiger partial charge < -0.3 is 4.84 Å². The van der Waals surface area contributed by atoms with Gasteiger partial charge in [-0.2, -0.15) is 10.2 Å². The van der Waals surface area contributed by atoms with Crippen molar-refractivity contribution in [1.82, 2.24) is 25.7 Å². The molecule has 0 fully saturated rings. The van der Waals surface area contributed by atoms with Crippen LogP contribution in [0.4, 0.5) is 0 Å². The molecule has 7 heteroatoms. The first-order chi connectivity index (χ1) is 11.6. The van der Waals surface area contributed by atoms with Crippen molar-refractivity contribution >= 4 is 5.91 Å². The molecule has 0 saturated carbocycles. The van der Waals surface area contributed by atoms with E-state index in [-0.39, 0.29) is 5.91 Å². The zero-order valence-corrected chi connectivity index (χ0v) is 13.6. The number of hydrogen-bond donors (Lipinski definition) is 1. The Labute approximate surface area is 139 Å². The van der Waals surface area contributed by atoms with E-state index in [1.807, 2.05) is 38.1 Å². The topological polar surface area (TPSA) is 81.9 Å². The molecule has 1 N–H and O–H groups in total. The lowest BCUT2D eigenvalue weighted by Gasteiger charge is -2.16. The van der Waals surface area contributed by atoms with Crippen LogP contribution in [-0.4, -0.2) is 26.1 Å². The molecule has 122 valence electrons. The van der Waals surface area contributed by atoms with Gasteiger partial charge >= 0.3 is 0 Å². The van der Waals surface area contributed by atoms with Gasteiger partial charge in [-0.25, -0.2) is 0 Å². The van der Waals surface area contributed by atoms with E-state index in [1.165, 1.54) is 18.8 Å². The van der Waals surface area contributed by atoms with Gasteiger partial charge in [0, 0.05) is 6.92 Å².